The van der Waals surface area contributed by atoms with Crippen LogP contribution in [-0.2, 0) is 14.3 Å². The van der Waals surface area contributed by atoms with Gasteiger partial charge in [-0.15, -0.1) is 0 Å². The van der Waals surface area contributed by atoms with Gasteiger partial charge in [-0.1, -0.05) is 12.1 Å². The van der Waals surface area contributed by atoms with E-state index in [4.69, 9.17) is 14.2 Å². The molecule has 0 radical (unpaired) electrons. The number of methoxy groups -OCH3 is 2. The topological polar surface area (TPSA) is 111 Å². The Morgan fingerprint density at radius 3 is 2.46 bits per heavy atom. The zero-order valence-corrected chi connectivity index (χ0v) is 20.0. The predicted octanol–water partition coefficient (Wildman–Crippen LogP) is 3.88. The second-order valence-corrected chi connectivity index (χ2v) is 8.62. The molecule has 0 spiro atoms. The van der Waals surface area contributed by atoms with Crippen molar-refractivity contribution in [2.75, 3.05) is 19.5 Å². The number of anilines is 1. The minimum absolute atomic E-state index is 0.0534. The van der Waals surface area contributed by atoms with Crippen LogP contribution in [0.2, 0.25) is 0 Å². The fraction of sp³-hybridized carbons (Fsp3) is 0.385. The van der Waals surface area contributed by atoms with Gasteiger partial charge < -0.3 is 19.5 Å². The van der Waals surface area contributed by atoms with Crippen LogP contribution < -0.4 is 14.8 Å². The molecule has 2 aliphatic rings. The summed E-state index contributed by atoms with van der Waals surface area (Å²) in [5.74, 6) is -1.10. The average Bonchev–Trinajstić information content (AvgIpc) is 3.44. The summed E-state index contributed by atoms with van der Waals surface area (Å²) in [6.07, 6.45) is 3.85. The third-order valence-electron chi connectivity index (χ3n) is 6.32. The summed E-state index contributed by atoms with van der Waals surface area (Å²) in [4.78, 5) is 52.0. The quantitative estimate of drug-likeness (QED) is 0.451. The van der Waals surface area contributed by atoms with E-state index < -0.39 is 23.8 Å². The van der Waals surface area contributed by atoms with E-state index in [9.17, 15) is 19.2 Å². The second kappa shape index (κ2) is 10.2. The fourth-order valence-corrected chi connectivity index (χ4v) is 4.66. The highest BCUT2D eigenvalue weighted by atomic mass is 16.5. The van der Waals surface area contributed by atoms with Crippen LogP contribution >= 0.6 is 0 Å². The lowest BCUT2D eigenvalue weighted by atomic mass is 10.0. The van der Waals surface area contributed by atoms with E-state index in [0.29, 0.717) is 17.1 Å². The first-order valence-corrected chi connectivity index (χ1v) is 11.5. The number of benzene rings is 2. The molecule has 1 heterocycles. The number of fused-ring (bicyclic) bond motifs is 1. The largest absolute Gasteiger partial charge is 0.493 e. The summed E-state index contributed by atoms with van der Waals surface area (Å²) >= 11 is 0. The molecule has 0 saturated heterocycles. The zero-order valence-electron chi connectivity index (χ0n) is 20.0. The maximum Gasteiger partial charge on any atom is 0.307 e. The third-order valence-corrected chi connectivity index (χ3v) is 6.32. The Morgan fingerprint density at radius 2 is 1.80 bits per heavy atom. The van der Waals surface area contributed by atoms with Crippen LogP contribution in [0.3, 0.4) is 0 Å². The molecule has 1 aliphatic carbocycles. The average molecular weight is 481 g/mol. The standard InChI is InChI=1S/C26H28N2O7/c1-15(29)27-19-10-6-9-18-24(19)26(32)28(25(18)31)20(14-23(30)34-3)16-11-12-21(33-2)22(13-16)35-17-7-4-5-8-17/h6,9-13,17,20H,4-5,7-8,14H2,1-3H3,(H,27,29). The van der Waals surface area contributed by atoms with Crippen molar-refractivity contribution in [2.24, 2.45) is 0 Å². The van der Waals surface area contributed by atoms with Crippen molar-refractivity contribution in [1.29, 1.82) is 0 Å². The van der Waals surface area contributed by atoms with Gasteiger partial charge in [0, 0.05) is 6.92 Å². The number of hydrogen-bond donors (Lipinski definition) is 1. The number of imide groups is 1. The molecule has 184 valence electrons. The Hall–Kier alpha value is -3.88. The number of carbonyl (C=O) groups is 4. The molecule has 9 heteroatoms. The van der Waals surface area contributed by atoms with Gasteiger partial charge in [-0.2, -0.15) is 0 Å². The number of nitrogens with zero attached hydrogens (tertiary/aromatic N) is 1. The van der Waals surface area contributed by atoms with E-state index in [1.807, 2.05) is 0 Å². The number of hydrogen-bond acceptors (Lipinski definition) is 7. The summed E-state index contributed by atoms with van der Waals surface area (Å²) < 4.78 is 16.5. The normalized spacial score (nSPS) is 16.1. The summed E-state index contributed by atoms with van der Waals surface area (Å²) in [7, 11) is 2.79. The number of nitrogens with one attached hydrogen (secondary N) is 1. The SMILES string of the molecule is COC(=O)CC(c1ccc(OC)c(OC2CCCC2)c1)N1C(=O)c2cccc(NC(C)=O)c2C1=O. The molecule has 3 amide bonds. The smallest absolute Gasteiger partial charge is 0.307 e. The maximum atomic E-state index is 13.5. The molecule has 1 atom stereocenters. The van der Waals surface area contributed by atoms with Crippen LogP contribution in [0.1, 0.15) is 71.3 Å². The Balaban J connectivity index is 1.75. The molecule has 0 aromatic heterocycles. The van der Waals surface area contributed by atoms with Crippen molar-refractivity contribution in [3.63, 3.8) is 0 Å². The van der Waals surface area contributed by atoms with Gasteiger partial charge in [0.15, 0.2) is 11.5 Å². The number of ether oxygens (including phenoxy) is 3. The Morgan fingerprint density at radius 1 is 1.06 bits per heavy atom. The Labute approximate surface area is 203 Å². The number of rotatable bonds is 8. The first-order chi connectivity index (χ1) is 16.8. The van der Waals surface area contributed by atoms with Gasteiger partial charge in [0.25, 0.3) is 11.8 Å². The highest BCUT2D eigenvalue weighted by molar-refractivity contribution is 6.24. The van der Waals surface area contributed by atoms with E-state index in [-0.39, 0.29) is 35.2 Å². The molecule has 35 heavy (non-hydrogen) atoms. The van der Waals surface area contributed by atoms with E-state index >= 15 is 0 Å². The van der Waals surface area contributed by atoms with Crippen molar-refractivity contribution in [3.05, 3.63) is 53.1 Å². The van der Waals surface area contributed by atoms with E-state index in [1.165, 1.54) is 27.2 Å². The lowest BCUT2D eigenvalue weighted by Crippen LogP contribution is -2.35. The zero-order chi connectivity index (χ0) is 25.1. The van der Waals surface area contributed by atoms with Crippen molar-refractivity contribution >= 4 is 29.4 Å². The van der Waals surface area contributed by atoms with Crippen LogP contribution in [0, 0.1) is 0 Å². The van der Waals surface area contributed by atoms with Gasteiger partial charge in [-0.05, 0) is 55.5 Å². The molecule has 0 bridgehead atoms. The van der Waals surface area contributed by atoms with Gasteiger partial charge in [0.1, 0.15) is 0 Å². The molecular formula is C26H28N2O7. The Kier molecular flexibility index (Phi) is 7.04. The van der Waals surface area contributed by atoms with Gasteiger partial charge >= 0.3 is 5.97 Å². The second-order valence-electron chi connectivity index (χ2n) is 8.62. The highest BCUT2D eigenvalue weighted by Crippen LogP contribution is 2.40. The summed E-state index contributed by atoms with van der Waals surface area (Å²) in [6.45, 7) is 1.32. The van der Waals surface area contributed by atoms with Gasteiger partial charge in [0.05, 0.1) is 49.6 Å². The minimum atomic E-state index is -0.947. The number of amides is 3. The third kappa shape index (κ3) is 4.84. The molecule has 9 nitrogen and oxygen atoms in total. The van der Waals surface area contributed by atoms with Crippen LogP contribution in [0.15, 0.2) is 36.4 Å². The van der Waals surface area contributed by atoms with Crippen molar-refractivity contribution in [1.82, 2.24) is 4.90 Å². The van der Waals surface area contributed by atoms with Crippen molar-refractivity contribution < 1.29 is 33.4 Å². The van der Waals surface area contributed by atoms with Gasteiger partial charge in [0.2, 0.25) is 5.91 Å². The fourth-order valence-electron chi connectivity index (χ4n) is 4.66. The molecule has 4 rings (SSSR count). The van der Waals surface area contributed by atoms with Crippen molar-refractivity contribution in [2.45, 2.75) is 51.2 Å². The molecule has 1 aliphatic heterocycles. The number of carbonyl (C=O) groups excluding carboxylic acids is 4. The van der Waals surface area contributed by atoms with E-state index in [1.54, 1.807) is 30.3 Å². The van der Waals surface area contributed by atoms with Crippen LogP contribution in [0.5, 0.6) is 11.5 Å². The summed E-state index contributed by atoms with van der Waals surface area (Å²) in [6, 6.07) is 8.84. The molecule has 2 aromatic carbocycles. The first-order valence-electron chi connectivity index (χ1n) is 11.5. The highest BCUT2D eigenvalue weighted by Gasteiger charge is 2.43. The first kappa shape index (κ1) is 24.3. The summed E-state index contributed by atoms with van der Waals surface area (Å²) in [5.41, 5.74) is 1.03. The van der Waals surface area contributed by atoms with Crippen LogP contribution in [0.25, 0.3) is 0 Å². The molecule has 2 aromatic rings. The lowest BCUT2D eigenvalue weighted by Gasteiger charge is -2.27. The lowest BCUT2D eigenvalue weighted by molar-refractivity contribution is -0.141. The minimum Gasteiger partial charge on any atom is -0.493 e. The predicted molar refractivity (Wildman–Crippen MR) is 126 cm³/mol. The van der Waals surface area contributed by atoms with Gasteiger partial charge in [-0.25, -0.2) is 0 Å². The molecule has 1 N–H and O–H groups in total. The van der Waals surface area contributed by atoms with Crippen LogP contribution in [0.4, 0.5) is 5.69 Å². The van der Waals surface area contributed by atoms with E-state index in [2.05, 4.69) is 5.32 Å². The maximum absolute atomic E-state index is 13.5. The summed E-state index contributed by atoms with van der Waals surface area (Å²) in [5, 5.41) is 2.61. The molecular weight excluding hydrogens is 452 g/mol. The van der Waals surface area contributed by atoms with Gasteiger partial charge in [-0.3, -0.25) is 24.1 Å². The van der Waals surface area contributed by atoms with E-state index in [0.717, 1.165) is 30.6 Å². The molecule has 1 unspecified atom stereocenters. The molecule has 1 fully saturated rings. The molecule has 1 saturated carbocycles. The monoisotopic (exact) mass is 480 g/mol. The number of esters is 1. The van der Waals surface area contributed by atoms with Crippen molar-refractivity contribution in [3.8, 4) is 11.5 Å². The van der Waals surface area contributed by atoms with Crippen LogP contribution in [-0.4, -0.2) is 48.9 Å². The Bertz CT molecular complexity index is 1170.